The van der Waals surface area contributed by atoms with E-state index in [4.69, 9.17) is 9.47 Å². The molecule has 0 heterocycles. The van der Waals surface area contributed by atoms with E-state index >= 15 is 0 Å². The van der Waals surface area contributed by atoms with Crippen LogP contribution in [-0.2, 0) is 0 Å². The van der Waals surface area contributed by atoms with Crippen LogP contribution >= 0.6 is 0 Å². The van der Waals surface area contributed by atoms with Crippen LogP contribution in [0.4, 0.5) is 20.6 Å². The summed E-state index contributed by atoms with van der Waals surface area (Å²) in [5.41, 5.74) is 0.748. The van der Waals surface area contributed by atoms with Gasteiger partial charge in [0.2, 0.25) is 0 Å². The molecule has 0 bridgehead atoms. The molecule has 0 unspecified atom stereocenters. The van der Waals surface area contributed by atoms with Crippen LogP contribution in [0, 0.1) is 5.82 Å². The van der Waals surface area contributed by atoms with Gasteiger partial charge in [-0.1, -0.05) is 12.1 Å². The Hall–Kier alpha value is -2.76. The Morgan fingerprint density at radius 3 is 2.19 bits per heavy atom. The minimum absolute atomic E-state index is 0.348. The average Bonchev–Trinajstić information content (AvgIpc) is 2.47. The fourth-order valence-electron chi connectivity index (χ4n) is 1.82. The van der Waals surface area contributed by atoms with Crippen molar-refractivity contribution in [3.05, 3.63) is 48.3 Å². The molecule has 2 amide bonds. The summed E-state index contributed by atoms with van der Waals surface area (Å²) in [6, 6.07) is 10.2. The maximum absolute atomic E-state index is 13.1. The number of urea groups is 1. The van der Waals surface area contributed by atoms with Gasteiger partial charge in [-0.05, 0) is 30.3 Å². The summed E-state index contributed by atoms with van der Waals surface area (Å²) in [5, 5.41) is 5.16. The fourth-order valence-corrected chi connectivity index (χ4v) is 1.82. The normalized spacial score (nSPS) is 9.86. The number of halogens is 1. The number of hydrogen-bond donors (Lipinski definition) is 2. The lowest BCUT2D eigenvalue weighted by Crippen LogP contribution is -2.20. The summed E-state index contributed by atoms with van der Waals surface area (Å²) in [5.74, 6) is 0.496. The molecule has 0 fully saturated rings. The molecule has 0 aliphatic rings. The molecule has 0 aliphatic carbocycles. The van der Waals surface area contributed by atoms with Gasteiger partial charge < -0.3 is 20.1 Å². The fraction of sp³-hybridized carbons (Fsp3) is 0.133. The molecular weight excluding hydrogens is 275 g/mol. The summed E-state index contributed by atoms with van der Waals surface area (Å²) in [4.78, 5) is 12.0. The van der Waals surface area contributed by atoms with Gasteiger partial charge in [0.1, 0.15) is 23.0 Å². The van der Waals surface area contributed by atoms with Gasteiger partial charge >= 0.3 is 6.03 Å². The maximum atomic E-state index is 13.1. The van der Waals surface area contributed by atoms with Crippen LogP contribution in [0.2, 0.25) is 0 Å². The Balaban J connectivity index is 2.16. The molecule has 21 heavy (non-hydrogen) atoms. The van der Waals surface area contributed by atoms with E-state index in [9.17, 15) is 9.18 Å². The molecule has 0 spiro atoms. The van der Waals surface area contributed by atoms with Crippen molar-refractivity contribution in [2.45, 2.75) is 0 Å². The minimum atomic E-state index is -0.525. The van der Waals surface area contributed by atoms with Gasteiger partial charge in [-0.15, -0.1) is 0 Å². The van der Waals surface area contributed by atoms with Crippen LogP contribution in [-0.4, -0.2) is 20.3 Å². The first-order valence-corrected chi connectivity index (χ1v) is 6.18. The Morgan fingerprint density at radius 1 is 1.00 bits per heavy atom. The monoisotopic (exact) mass is 290 g/mol. The molecule has 0 saturated carbocycles. The molecule has 110 valence electrons. The quantitative estimate of drug-likeness (QED) is 0.906. The number of anilines is 2. The summed E-state index contributed by atoms with van der Waals surface area (Å²) in [6.07, 6.45) is 0. The second-order valence-electron chi connectivity index (χ2n) is 4.13. The summed E-state index contributed by atoms with van der Waals surface area (Å²) in [6.45, 7) is 0. The SMILES string of the molecule is COc1cccc(OC)c1NC(=O)Nc1cccc(F)c1. The summed E-state index contributed by atoms with van der Waals surface area (Å²) >= 11 is 0. The lowest BCUT2D eigenvalue weighted by atomic mass is 10.2. The molecule has 0 aromatic heterocycles. The van der Waals surface area contributed by atoms with E-state index in [1.807, 2.05) is 0 Å². The second kappa shape index (κ2) is 6.60. The van der Waals surface area contributed by atoms with E-state index in [0.717, 1.165) is 0 Å². The van der Waals surface area contributed by atoms with Gasteiger partial charge in [0.25, 0.3) is 0 Å². The number of benzene rings is 2. The van der Waals surface area contributed by atoms with Crippen molar-refractivity contribution >= 4 is 17.4 Å². The van der Waals surface area contributed by atoms with Gasteiger partial charge in [-0.25, -0.2) is 9.18 Å². The predicted octanol–water partition coefficient (Wildman–Crippen LogP) is 3.49. The van der Waals surface area contributed by atoms with E-state index in [0.29, 0.717) is 22.9 Å². The van der Waals surface area contributed by atoms with Crippen molar-refractivity contribution in [3.63, 3.8) is 0 Å². The van der Waals surface area contributed by atoms with E-state index in [2.05, 4.69) is 10.6 Å². The molecule has 2 aromatic carbocycles. The zero-order valence-corrected chi connectivity index (χ0v) is 11.6. The molecule has 0 aliphatic heterocycles. The van der Waals surface area contributed by atoms with E-state index in [1.165, 1.54) is 32.4 Å². The molecule has 2 aromatic rings. The molecule has 5 nitrogen and oxygen atoms in total. The average molecular weight is 290 g/mol. The summed E-state index contributed by atoms with van der Waals surface area (Å²) < 4.78 is 23.4. The number of hydrogen-bond acceptors (Lipinski definition) is 3. The van der Waals surface area contributed by atoms with E-state index in [1.54, 1.807) is 24.3 Å². The predicted molar refractivity (Wildman–Crippen MR) is 78.6 cm³/mol. The van der Waals surface area contributed by atoms with Crippen molar-refractivity contribution in [2.24, 2.45) is 0 Å². The Morgan fingerprint density at radius 2 is 1.62 bits per heavy atom. The highest BCUT2D eigenvalue weighted by molar-refractivity contribution is 6.01. The third-order valence-electron chi connectivity index (χ3n) is 2.75. The highest BCUT2D eigenvalue weighted by Crippen LogP contribution is 2.34. The van der Waals surface area contributed by atoms with Crippen molar-refractivity contribution in [3.8, 4) is 11.5 Å². The minimum Gasteiger partial charge on any atom is -0.494 e. The standard InChI is InChI=1S/C15H15FN2O3/c1-20-12-7-4-8-13(21-2)14(12)18-15(19)17-11-6-3-5-10(16)9-11/h3-9H,1-2H3,(H2,17,18,19). The molecule has 6 heteroatoms. The smallest absolute Gasteiger partial charge is 0.323 e. The number of para-hydroxylation sites is 1. The molecule has 0 saturated heterocycles. The van der Waals surface area contributed by atoms with Gasteiger partial charge in [0, 0.05) is 5.69 Å². The first-order valence-electron chi connectivity index (χ1n) is 6.18. The molecule has 0 atom stereocenters. The molecule has 2 N–H and O–H groups in total. The highest BCUT2D eigenvalue weighted by Gasteiger charge is 2.13. The Bertz CT molecular complexity index is 624. The molecule has 2 rings (SSSR count). The van der Waals surface area contributed by atoms with Crippen molar-refractivity contribution in [1.29, 1.82) is 0 Å². The Labute approximate surface area is 121 Å². The van der Waals surface area contributed by atoms with Crippen LogP contribution in [0.25, 0.3) is 0 Å². The van der Waals surface area contributed by atoms with E-state index in [-0.39, 0.29) is 0 Å². The van der Waals surface area contributed by atoms with Crippen molar-refractivity contribution in [2.75, 3.05) is 24.9 Å². The van der Waals surface area contributed by atoms with Gasteiger partial charge in [0.05, 0.1) is 14.2 Å². The van der Waals surface area contributed by atoms with Crippen LogP contribution in [0.5, 0.6) is 11.5 Å². The lowest BCUT2D eigenvalue weighted by molar-refractivity contribution is 0.262. The zero-order chi connectivity index (χ0) is 15.2. The Kier molecular flexibility index (Phi) is 4.61. The highest BCUT2D eigenvalue weighted by atomic mass is 19.1. The van der Waals surface area contributed by atoms with Crippen LogP contribution < -0.4 is 20.1 Å². The third kappa shape index (κ3) is 3.62. The number of carbonyl (C=O) groups is 1. The van der Waals surface area contributed by atoms with Crippen molar-refractivity contribution in [1.82, 2.24) is 0 Å². The largest absolute Gasteiger partial charge is 0.494 e. The number of amides is 2. The van der Waals surface area contributed by atoms with Gasteiger partial charge in [-0.2, -0.15) is 0 Å². The zero-order valence-electron chi connectivity index (χ0n) is 11.6. The third-order valence-corrected chi connectivity index (χ3v) is 2.75. The number of ether oxygens (including phenoxy) is 2. The first-order chi connectivity index (χ1) is 10.1. The van der Waals surface area contributed by atoms with Crippen LogP contribution in [0.1, 0.15) is 0 Å². The van der Waals surface area contributed by atoms with Crippen molar-refractivity contribution < 1.29 is 18.7 Å². The molecular formula is C15H15FN2O3. The van der Waals surface area contributed by atoms with Gasteiger partial charge in [-0.3, -0.25) is 0 Å². The topological polar surface area (TPSA) is 59.6 Å². The molecule has 0 radical (unpaired) electrons. The maximum Gasteiger partial charge on any atom is 0.323 e. The lowest BCUT2D eigenvalue weighted by Gasteiger charge is -2.14. The number of rotatable bonds is 4. The van der Waals surface area contributed by atoms with E-state index < -0.39 is 11.8 Å². The van der Waals surface area contributed by atoms with Gasteiger partial charge in [0.15, 0.2) is 0 Å². The van der Waals surface area contributed by atoms with Crippen LogP contribution in [0.3, 0.4) is 0 Å². The second-order valence-corrected chi connectivity index (χ2v) is 4.13. The number of methoxy groups -OCH3 is 2. The first kappa shape index (κ1) is 14.6. The number of carbonyl (C=O) groups excluding carboxylic acids is 1. The van der Waals surface area contributed by atoms with Crippen LogP contribution in [0.15, 0.2) is 42.5 Å². The summed E-state index contributed by atoms with van der Waals surface area (Å²) in [7, 11) is 2.98. The number of nitrogens with one attached hydrogen (secondary N) is 2.